The first-order valence-electron chi connectivity index (χ1n) is 4.94. The normalized spacial score (nSPS) is 10.4. The molecule has 2 N–H and O–H groups in total. The van der Waals surface area contributed by atoms with Crippen LogP contribution in [0.2, 0.25) is 5.02 Å². The molecule has 0 saturated heterocycles. The molecule has 1 heterocycles. The van der Waals surface area contributed by atoms with Crippen LogP contribution in [0.1, 0.15) is 0 Å². The fourth-order valence-corrected chi connectivity index (χ4v) is 1.50. The van der Waals surface area contributed by atoms with Gasteiger partial charge in [-0.3, -0.25) is 4.68 Å². The third-order valence-electron chi connectivity index (χ3n) is 2.00. The summed E-state index contributed by atoms with van der Waals surface area (Å²) in [7, 11) is 0. The third-order valence-corrected chi connectivity index (χ3v) is 2.23. The Labute approximate surface area is 98.6 Å². The summed E-state index contributed by atoms with van der Waals surface area (Å²) in [6.45, 7) is 1.23. The Hall–Kier alpha value is -1.52. The van der Waals surface area contributed by atoms with Gasteiger partial charge in [0.1, 0.15) is 5.75 Å². The summed E-state index contributed by atoms with van der Waals surface area (Å²) in [6.07, 6.45) is 3.45. The molecule has 1 aromatic heterocycles. The Balaban J connectivity index is 2.08. The van der Waals surface area contributed by atoms with Crippen LogP contribution >= 0.6 is 11.6 Å². The maximum absolute atomic E-state index is 5.85. The lowest BCUT2D eigenvalue weighted by Crippen LogP contribution is -2.09. The fraction of sp³-hybridized carbons (Fsp3) is 0.182. The topological polar surface area (TPSA) is 53.1 Å². The van der Waals surface area contributed by atoms with Gasteiger partial charge in [-0.2, -0.15) is 5.10 Å². The van der Waals surface area contributed by atoms with Gasteiger partial charge in [0, 0.05) is 11.6 Å². The predicted molar refractivity (Wildman–Crippen MR) is 62.8 cm³/mol. The predicted octanol–water partition coefficient (Wildman–Crippen LogP) is 2.29. The van der Waals surface area contributed by atoms with Gasteiger partial charge in [-0.15, -0.1) is 0 Å². The molecule has 0 spiro atoms. The zero-order valence-electron chi connectivity index (χ0n) is 8.64. The molecule has 0 radical (unpaired) electrons. The van der Waals surface area contributed by atoms with E-state index in [1.54, 1.807) is 29.2 Å². The van der Waals surface area contributed by atoms with Crippen LogP contribution in [0, 0.1) is 0 Å². The third kappa shape index (κ3) is 2.74. The van der Waals surface area contributed by atoms with E-state index in [9.17, 15) is 0 Å². The van der Waals surface area contributed by atoms with Crippen LogP contribution in [0.25, 0.3) is 0 Å². The Morgan fingerprint density at radius 1 is 1.38 bits per heavy atom. The number of hydrogen-bond donors (Lipinski definition) is 1. The Bertz CT molecular complexity index is 470. The summed E-state index contributed by atoms with van der Waals surface area (Å²) in [5.41, 5.74) is 5.42. The van der Waals surface area contributed by atoms with Gasteiger partial charge >= 0.3 is 0 Å². The van der Waals surface area contributed by atoms with E-state index >= 15 is 0 Å². The highest BCUT2D eigenvalue weighted by Crippen LogP contribution is 2.23. The summed E-state index contributed by atoms with van der Waals surface area (Å²) in [5.74, 6) is 1.37. The molecule has 0 aliphatic heterocycles. The van der Waals surface area contributed by atoms with Crippen molar-refractivity contribution < 1.29 is 4.74 Å². The van der Waals surface area contributed by atoms with Crippen molar-refractivity contribution >= 4 is 11.6 Å². The lowest BCUT2D eigenvalue weighted by molar-refractivity contribution is 0.481. The van der Waals surface area contributed by atoms with E-state index < -0.39 is 0 Å². The number of nitrogens with two attached hydrogens (primary N) is 1. The second-order valence-electron chi connectivity index (χ2n) is 3.29. The van der Waals surface area contributed by atoms with Gasteiger partial charge in [0.05, 0.1) is 18.9 Å². The van der Waals surface area contributed by atoms with Gasteiger partial charge in [0.25, 0.3) is 0 Å². The van der Waals surface area contributed by atoms with Gasteiger partial charge in [-0.25, -0.2) is 0 Å². The van der Waals surface area contributed by atoms with Gasteiger partial charge in [-0.05, 0) is 18.2 Å². The van der Waals surface area contributed by atoms with E-state index in [1.165, 1.54) is 0 Å². The van der Waals surface area contributed by atoms with E-state index in [2.05, 4.69) is 5.10 Å². The first-order valence-corrected chi connectivity index (χ1v) is 5.31. The molecule has 0 aliphatic carbocycles. The minimum Gasteiger partial charge on any atom is -0.454 e. The molecule has 2 rings (SSSR count). The highest BCUT2D eigenvalue weighted by atomic mass is 35.5. The van der Waals surface area contributed by atoms with Crippen molar-refractivity contribution in [1.82, 2.24) is 9.78 Å². The van der Waals surface area contributed by atoms with E-state index in [-0.39, 0.29) is 0 Å². The number of halogens is 1. The molecule has 0 saturated carbocycles. The number of ether oxygens (including phenoxy) is 1. The van der Waals surface area contributed by atoms with Crippen LogP contribution < -0.4 is 10.5 Å². The molecule has 84 valence electrons. The van der Waals surface area contributed by atoms with Crippen molar-refractivity contribution in [3.8, 4) is 11.5 Å². The minimum atomic E-state index is 0.554. The molecular weight excluding hydrogens is 226 g/mol. The molecule has 0 aliphatic rings. The van der Waals surface area contributed by atoms with E-state index in [0.717, 1.165) is 0 Å². The molecule has 0 unspecified atom stereocenters. The summed E-state index contributed by atoms with van der Waals surface area (Å²) < 4.78 is 7.31. The Morgan fingerprint density at radius 3 is 3.00 bits per heavy atom. The smallest absolute Gasteiger partial charge is 0.165 e. The second kappa shape index (κ2) is 5.01. The summed E-state index contributed by atoms with van der Waals surface area (Å²) in [6, 6.07) is 7.22. The number of nitrogens with zero attached hydrogens (tertiary/aromatic N) is 2. The first-order chi connectivity index (χ1) is 7.78. The van der Waals surface area contributed by atoms with Gasteiger partial charge < -0.3 is 10.5 Å². The first kappa shape index (κ1) is 11.0. The number of aromatic nitrogens is 2. The summed E-state index contributed by atoms with van der Waals surface area (Å²) in [5, 5.41) is 4.75. The van der Waals surface area contributed by atoms with Crippen LogP contribution in [0.5, 0.6) is 11.5 Å². The quantitative estimate of drug-likeness (QED) is 0.888. The molecule has 0 atom stereocenters. The van der Waals surface area contributed by atoms with Crippen molar-refractivity contribution in [3.63, 3.8) is 0 Å². The monoisotopic (exact) mass is 237 g/mol. The fourth-order valence-electron chi connectivity index (χ4n) is 1.32. The van der Waals surface area contributed by atoms with E-state index in [0.29, 0.717) is 29.6 Å². The van der Waals surface area contributed by atoms with Crippen LogP contribution in [-0.2, 0) is 6.54 Å². The average Bonchev–Trinajstić information content (AvgIpc) is 2.66. The minimum absolute atomic E-state index is 0.554. The number of hydrogen-bond acceptors (Lipinski definition) is 3. The van der Waals surface area contributed by atoms with Crippen molar-refractivity contribution in [2.24, 2.45) is 5.73 Å². The molecule has 5 heteroatoms. The largest absolute Gasteiger partial charge is 0.454 e. The Morgan fingerprint density at radius 2 is 2.25 bits per heavy atom. The molecule has 0 amide bonds. The SMILES string of the molecule is NCCn1cc(Oc2cccc(Cl)c2)cn1. The van der Waals surface area contributed by atoms with Crippen LogP contribution in [0.3, 0.4) is 0 Å². The van der Waals surface area contributed by atoms with Gasteiger partial charge in [0.15, 0.2) is 5.75 Å². The molecule has 0 bridgehead atoms. The highest BCUT2D eigenvalue weighted by Gasteiger charge is 2.01. The Kier molecular flexibility index (Phi) is 3.44. The van der Waals surface area contributed by atoms with E-state index in [1.807, 2.05) is 12.1 Å². The standard InChI is InChI=1S/C11H12ClN3O/c12-9-2-1-3-10(6-9)16-11-7-14-15(8-11)5-4-13/h1-3,6-8H,4-5,13H2. The highest BCUT2D eigenvalue weighted by molar-refractivity contribution is 6.30. The second-order valence-corrected chi connectivity index (χ2v) is 3.72. The average molecular weight is 238 g/mol. The van der Waals surface area contributed by atoms with Crippen LogP contribution in [-0.4, -0.2) is 16.3 Å². The number of rotatable bonds is 4. The lowest BCUT2D eigenvalue weighted by Gasteiger charge is -2.02. The van der Waals surface area contributed by atoms with Crippen molar-refractivity contribution in [2.75, 3.05) is 6.54 Å². The molecular formula is C11H12ClN3O. The lowest BCUT2D eigenvalue weighted by atomic mass is 10.3. The maximum Gasteiger partial charge on any atom is 0.165 e. The van der Waals surface area contributed by atoms with Crippen LogP contribution in [0.4, 0.5) is 0 Å². The molecule has 0 fully saturated rings. The molecule has 1 aromatic carbocycles. The maximum atomic E-state index is 5.85. The van der Waals surface area contributed by atoms with Gasteiger partial charge in [0.2, 0.25) is 0 Å². The zero-order chi connectivity index (χ0) is 11.4. The van der Waals surface area contributed by atoms with Crippen molar-refractivity contribution in [1.29, 1.82) is 0 Å². The van der Waals surface area contributed by atoms with Crippen molar-refractivity contribution in [3.05, 3.63) is 41.7 Å². The summed E-state index contributed by atoms with van der Waals surface area (Å²) in [4.78, 5) is 0. The van der Waals surface area contributed by atoms with Gasteiger partial charge in [-0.1, -0.05) is 17.7 Å². The van der Waals surface area contributed by atoms with Crippen LogP contribution in [0.15, 0.2) is 36.7 Å². The molecule has 2 aromatic rings. The zero-order valence-corrected chi connectivity index (χ0v) is 9.39. The van der Waals surface area contributed by atoms with Crippen molar-refractivity contribution in [2.45, 2.75) is 6.54 Å². The molecule has 16 heavy (non-hydrogen) atoms. The molecule has 4 nitrogen and oxygen atoms in total. The van der Waals surface area contributed by atoms with E-state index in [4.69, 9.17) is 22.1 Å². The summed E-state index contributed by atoms with van der Waals surface area (Å²) >= 11 is 5.85. The number of benzene rings is 1.